The topological polar surface area (TPSA) is 120 Å². The predicted molar refractivity (Wildman–Crippen MR) is 123 cm³/mol. The molecule has 0 spiro atoms. The van der Waals surface area contributed by atoms with E-state index in [0.717, 1.165) is 50.1 Å². The monoisotopic (exact) mass is 459 g/mol. The van der Waals surface area contributed by atoms with Gasteiger partial charge in [-0.2, -0.15) is 0 Å². The molecule has 11 heteroatoms. The average Bonchev–Trinajstić information content (AvgIpc) is 2.80. The molecular weight excluding hydrogens is 430 g/mol. The Kier molecular flexibility index (Phi) is 7.64. The number of ether oxygens (including phenoxy) is 1. The quantitative estimate of drug-likeness (QED) is 0.237. The van der Waals surface area contributed by atoms with Gasteiger partial charge in [0.25, 0.3) is 11.2 Å². The Morgan fingerprint density at radius 3 is 2.39 bits per heavy atom. The van der Waals surface area contributed by atoms with Crippen molar-refractivity contribution in [3.63, 3.8) is 0 Å². The summed E-state index contributed by atoms with van der Waals surface area (Å²) in [6, 6.07) is 5.55. The number of carbonyl (C=O) groups excluding carboxylic acids is 1. The molecule has 1 saturated heterocycles. The van der Waals surface area contributed by atoms with Crippen LogP contribution in [0.15, 0.2) is 33.9 Å². The van der Waals surface area contributed by atoms with Crippen molar-refractivity contribution in [1.82, 2.24) is 14.0 Å². The third kappa shape index (κ3) is 5.67. The van der Waals surface area contributed by atoms with Crippen molar-refractivity contribution < 1.29 is 14.5 Å². The fourth-order valence-corrected chi connectivity index (χ4v) is 3.88. The number of anilines is 1. The molecule has 0 aliphatic carbocycles. The summed E-state index contributed by atoms with van der Waals surface area (Å²) in [5, 5.41) is 10.9. The number of nitrogens with zero attached hydrogens (tertiary/aromatic N) is 5. The molecule has 1 aliphatic heterocycles. The summed E-state index contributed by atoms with van der Waals surface area (Å²) in [6.07, 6.45) is 1.67. The van der Waals surface area contributed by atoms with E-state index in [1.54, 1.807) is 7.05 Å². The molecule has 3 rings (SSSR count). The second-order valence-electron chi connectivity index (χ2n) is 8.12. The van der Waals surface area contributed by atoms with Crippen LogP contribution >= 0.6 is 0 Å². The van der Waals surface area contributed by atoms with Gasteiger partial charge >= 0.3 is 5.69 Å². The van der Waals surface area contributed by atoms with E-state index in [0.29, 0.717) is 18.2 Å². The normalized spacial score (nSPS) is 14.3. The standard InChI is InChI=1S/C22H29N5O6/c1-16(28)18-14-17(27(31)32)6-7-19(18)33-13-5-4-8-25-9-11-26(12-10-25)20-15-21(29)24(3)22(30)23(20)2/h6-7,14-15H,4-5,8-13H2,1-3H3. The molecule has 0 atom stereocenters. The number of unbranched alkanes of at least 4 members (excludes halogenated alkanes) is 1. The van der Waals surface area contributed by atoms with Crippen molar-refractivity contribution in [1.29, 1.82) is 0 Å². The van der Waals surface area contributed by atoms with Crippen molar-refractivity contribution in [2.24, 2.45) is 14.1 Å². The fourth-order valence-electron chi connectivity index (χ4n) is 3.88. The van der Waals surface area contributed by atoms with Gasteiger partial charge in [0.1, 0.15) is 11.6 Å². The Labute approximate surface area is 190 Å². The molecule has 1 aromatic heterocycles. The van der Waals surface area contributed by atoms with Crippen LogP contribution in [0.5, 0.6) is 5.75 Å². The lowest BCUT2D eigenvalue weighted by Gasteiger charge is -2.36. The van der Waals surface area contributed by atoms with Crippen molar-refractivity contribution >= 4 is 17.3 Å². The minimum atomic E-state index is -0.535. The van der Waals surface area contributed by atoms with Crippen LogP contribution in [0.1, 0.15) is 30.1 Å². The SMILES string of the molecule is CC(=O)c1cc([N+](=O)[O-])ccc1OCCCCN1CCN(c2cc(=O)n(C)c(=O)n2C)CC1. The molecule has 0 saturated carbocycles. The van der Waals surface area contributed by atoms with Gasteiger partial charge in [-0.25, -0.2) is 4.79 Å². The van der Waals surface area contributed by atoms with Crippen LogP contribution < -0.4 is 20.9 Å². The van der Waals surface area contributed by atoms with Gasteiger partial charge in [-0.05, 0) is 32.4 Å². The lowest BCUT2D eigenvalue weighted by Crippen LogP contribution is -2.49. The Bertz CT molecular complexity index is 1150. The first-order valence-corrected chi connectivity index (χ1v) is 10.9. The van der Waals surface area contributed by atoms with Gasteiger partial charge in [-0.1, -0.05) is 0 Å². The molecule has 1 aromatic carbocycles. The van der Waals surface area contributed by atoms with Crippen LogP contribution in [0.4, 0.5) is 11.5 Å². The number of piperazine rings is 1. The largest absolute Gasteiger partial charge is 0.493 e. The van der Waals surface area contributed by atoms with Gasteiger partial charge in [0.05, 0.1) is 17.1 Å². The highest BCUT2D eigenvalue weighted by Gasteiger charge is 2.20. The molecule has 2 aromatic rings. The van der Waals surface area contributed by atoms with E-state index < -0.39 is 4.92 Å². The van der Waals surface area contributed by atoms with E-state index in [2.05, 4.69) is 9.80 Å². The maximum absolute atomic E-state index is 12.2. The highest BCUT2D eigenvalue weighted by Crippen LogP contribution is 2.25. The van der Waals surface area contributed by atoms with Crippen LogP contribution in [0.3, 0.4) is 0 Å². The number of rotatable bonds is 9. The average molecular weight is 460 g/mol. The lowest BCUT2D eigenvalue weighted by molar-refractivity contribution is -0.384. The van der Waals surface area contributed by atoms with E-state index in [4.69, 9.17) is 4.74 Å². The summed E-state index contributed by atoms with van der Waals surface area (Å²) in [4.78, 5) is 50.7. The number of nitro groups is 1. The second kappa shape index (κ2) is 10.4. The van der Waals surface area contributed by atoms with Crippen LogP contribution in [-0.2, 0) is 14.1 Å². The van der Waals surface area contributed by atoms with Gasteiger partial charge in [0.15, 0.2) is 5.78 Å². The number of aromatic nitrogens is 2. The summed E-state index contributed by atoms with van der Waals surface area (Å²) < 4.78 is 8.31. The molecule has 0 bridgehead atoms. The number of hydrogen-bond donors (Lipinski definition) is 0. The summed E-state index contributed by atoms with van der Waals surface area (Å²) in [7, 11) is 3.14. The lowest BCUT2D eigenvalue weighted by atomic mass is 10.1. The smallest absolute Gasteiger partial charge is 0.332 e. The van der Waals surface area contributed by atoms with Crippen molar-refractivity contribution in [3.05, 3.63) is 60.8 Å². The summed E-state index contributed by atoms with van der Waals surface area (Å²) in [5.41, 5.74) is -0.564. The zero-order valence-corrected chi connectivity index (χ0v) is 19.2. The number of hydrogen-bond acceptors (Lipinski definition) is 8. The molecule has 11 nitrogen and oxygen atoms in total. The fraction of sp³-hybridized carbons (Fsp3) is 0.500. The molecular formula is C22H29N5O6. The zero-order chi connectivity index (χ0) is 24.1. The molecule has 2 heterocycles. The molecule has 0 radical (unpaired) electrons. The van der Waals surface area contributed by atoms with Crippen molar-refractivity contribution in [2.75, 3.05) is 44.2 Å². The Morgan fingerprint density at radius 1 is 1.06 bits per heavy atom. The maximum Gasteiger partial charge on any atom is 0.332 e. The van der Waals surface area contributed by atoms with Crippen LogP contribution in [0.2, 0.25) is 0 Å². The number of Topliss-reactive ketones (excluding diaryl/α,β-unsaturated/α-hetero) is 1. The van der Waals surface area contributed by atoms with E-state index in [1.807, 2.05) is 0 Å². The van der Waals surface area contributed by atoms with Gasteiger partial charge < -0.3 is 9.64 Å². The molecule has 1 fully saturated rings. The predicted octanol–water partition coefficient (Wildman–Crippen LogP) is 1.18. The van der Waals surface area contributed by atoms with Crippen LogP contribution in [-0.4, -0.2) is 64.1 Å². The molecule has 0 unspecified atom stereocenters. The Morgan fingerprint density at radius 2 is 1.76 bits per heavy atom. The van der Waals surface area contributed by atoms with Gasteiger partial charge in [0, 0.05) is 58.5 Å². The molecule has 178 valence electrons. The van der Waals surface area contributed by atoms with E-state index >= 15 is 0 Å². The number of carbonyl (C=O) groups is 1. The van der Waals surface area contributed by atoms with Gasteiger partial charge in [-0.3, -0.25) is 33.7 Å². The Hall–Kier alpha value is -3.47. The van der Waals surface area contributed by atoms with Crippen LogP contribution in [0, 0.1) is 10.1 Å². The molecule has 0 amide bonds. The molecule has 0 N–H and O–H groups in total. The first-order chi connectivity index (χ1) is 15.7. The van der Waals surface area contributed by atoms with Crippen molar-refractivity contribution in [2.45, 2.75) is 19.8 Å². The summed E-state index contributed by atoms with van der Waals surface area (Å²) in [5.74, 6) is 0.724. The highest BCUT2D eigenvalue weighted by atomic mass is 16.6. The number of benzene rings is 1. The summed E-state index contributed by atoms with van der Waals surface area (Å²) >= 11 is 0. The number of ketones is 1. The third-order valence-corrected chi connectivity index (χ3v) is 5.88. The van der Waals surface area contributed by atoms with Crippen LogP contribution in [0.25, 0.3) is 0 Å². The van der Waals surface area contributed by atoms with Crippen molar-refractivity contribution in [3.8, 4) is 5.75 Å². The first-order valence-electron chi connectivity index (χ1n) is 10.9. The first kappa shape index (κ1) is 24.2. The number of non-ortho nitro benzene ring substituents is 1. The minimum absolute atomic E-state index is 0.136. The summed E-state index contributed by atoms with van der Waals surface area (Å²) in [6.45, 7) is 5.74. The van der Waals surface area contributed by atoms with E-state index in [1.165, 1.54) is 42.8 Å². The second-order valence-corrected chi connectivity index (χ2v) is 8.12. The van der Waals surface area contributed by atoms with Gasteiger partial charge in [-0.15, -0.1) is 0 Å². The molecule has 1 aliphatic rings. The molecule has 33 heavy (non-hydrogen) atoms. The number of nitro benzene ring substituents is 1. The van der Waals surface area contributed by atoms with E-state index in [9.17, 15) is 24.5 Å². The highest BCUT2D eigenvalue weighted by molar-refractivity contribution is 5.97. The third-order valence-electron chi connectivity index (χ3n) is 5.88. The zero-order valence-electron chi connectivity index (χ0n) is 19.2. The van der Waals surface area contributed by atoms with E-state index in [-0.39, 0.29) is 28.3 Å². The maximum atomic E-state index is 12.2. The minimum Gasteiger partial charge on any atom is -0.493 e. The Balaban J connectivity index is 1.45. The van der Waals surface area contributed by atoms with Gasteiger partial charge in [0.2, 0.25) is 0 Å².